The van der Waals surface area contributed by atoms with Crippen molar-refractivity contribution in [1.29, 1.82) is 0 Å². The van der Waals surface area contributed by atoms with Gasteiger partial charge >= 0.3 is 0 Å². The predicted molar refractivity (Wildman–Crippen MR) is 66.8 cm³/mol. The van der Waals surface area contributed by atoms with Crippen LogP contribution in [-0.2, 0) is 6.42 Å². The van der Waals surface area contributed by atoms with Gasteiger partial charge in [-0.3, -0.25) is 0 Å². The molecule has 2 nitrogen and oxygen atoms in total. The number of hydrogen-bond acceptors (Lipinski definition) is 2. The summed E-state index contributed by atoms with van der Waals surface area (Å²) < 4.78 is 5.65. The minimum absolute atomic E-state index is 0.191. The van der Waals surface area contributed by atoms with Crippen molar-refractivity contribution in [2.75, 3.05) is 6.61 Å². The first-order valence-electron chi connectivity index (χ1n) is 6.12. The molecule has 0 radical (unpaired) electrons. The fraction of sp³-hybridized carbons (Fsp3) is 0.571. The Balaban J connectivity index is 2.21. The van der Waals surface area contributed by atoms with Crippen LogP contribution < -0.4 is 4.74 Å². The van der Waals surface area contributed by atoms with Crippen LogP contribution >= 0.6 is 0 Å². The van der Waals surface area contributed by atoms with E-state index in [-0.39, 0.29) is 6.10 Å². The first-order chi connectivity index (χ1) is 7.72. The molecule has 1 unspecified atom stereocenters. The molecule has 0 aliphatic heterocycles. The molecule has 0 heterocycles. The summed E-state index contributed by atoms with van der Waals surface area (Å²) in [7, 11) is 0. The maximum absolute atomic E-state index is 9.10. The Bertz CT molecular complexity index is 295. The summed E-state index contributed by atoms with van der Waals surface area (Å²) in [6.07, 6.45) is 3.73. The maximum atomic E-state index is 9.10. The monoisotopic (exact) mass is 222 g/mol. The van der Waals surface area contributed by atoms with Gasteiger partial charge in [0.15, 0.2) is 0 Å². The van der Waals surface area contributed by atoms with Crippen LogP contribution in [0, 0.1) is 0 Å². The zero-order valence-corrected chi connectivity index (χ0v) is 10.3. The number of aryl methyl sites for hydroxylation is 1. The van der Waals surface area contributed by atoms with Crippen LogP contribution in [-0.4, -0.2) is 17.8 Å². The van der Waals surface area contributed by atoms with Gasteiger partial charge in [-0.25, -0.2) is 0 Å². The molecule has 0 bridgehead atoms. The van der Waals surface area contributed by atoms with E-state index in [0.717, 1.165) is 38.0 Å². The van der Waals surface area contributed by atoms with Gasteiger partial charge in [0, 0.05) is 0 Å². The van der Waals surface area contributed by atoms with Gasteiger partial charge in [0.05, 0.1) is 12.7 Å². The molecule has 0 fully saturated rings. The molecular formula is C14H22O2. The van der Waals surface area contributed by atoms with Gasteiger partial charge in [0.2, 0.25) is 0 Å². The van der Waals surface area contributed by atoms with E-state index in [2.05, 4.69) is 19.1 Å². The number of aliphatic hydroxyl groups excluding tert-OH is 1. The molecular weight excluding hydrogens is 200 g/mol. The van der Waals surface area contributed by atoms with Gasteiger partial charge in [-0.15, -0.1) is 0 Å². The van der Waals surface area contributed by atoms with Crippen molar-refractivity contribution >= 4 is 0 Å². The van der Waals surface area contributed by atoms with E-state index in [1.165, 1.54) is 5.56 Å². The number of benzene rings is 1. The minimum atomic E-state index is -0.191. The van der Waals surface area contributed by atoms with Crippen LogP contribution in [0.2, 0.25) is 0 Å². The summed E-state index contributed by atoms with van der Waals surface area (Å²) in [5.41, 5.74) is 1.31. The zero-order valence-electron chi connectivity index (χ0n) is 10.3. The SMILES string of the molecule is CCc1cccc(OCCCCC(C)O)c1. The maximum Gasteiger partial charge on any atom is 0.119 e. The molecule has 2 heteroatoms. The lowest BCUT2D eigenvalue weighted by atomic mass is 10.1. The second-order valence-corrected chi connectivity index (χ2v) is 4.19. The predicted octanol–water partition coefficient (Wildman–Crippen LogP) is 3.18. The summed E-state index contributed by atoms with van der Waals surface area (Å²) in [6.45, 7) is 4.70. The molecule has 1 aromatic rings. The van der Waals surface area contributed by atoms with Crippen LogP contribution in [0.3, 0.4) is 0 Å². The molecule has 0 saturated heterocycles. The summed E-state index contributed by atoms with van der Waals surface area (Å²) in [5, 5.41) is 9.10. The van der Waals surface area contributed by atoms with E-state index >= 15 is 0 Å². The molecule has 0 spiro atoms. The van der Waals surface area contributed by atoms with Gasteiger partial charge in [-0.05, 0) is 50.3 Å². The summed E-state index contributed by atoms with van der Waals surface area (Å²) >= 11 is 0. The van der Waals surface area contributed by atoms with Gasteiger partial charge in [0.1, 0.15) is 5.75 Å². The zero-order chi connectivity index (χ0) is 11.8. The van der Waals surface area contributed by atoms with E-state index in [4.69, 9.17) is 9.84 Å². The molecule has 1 N–H and O–H groups in total. The molecule has 1 aromatic carbocycles. The highest BCUT2D eigenvalue weighted by Crippen LogP contribution is 2.14. The Morgan fingerprint density at radius 3 is 2.81 bits per heavy atom. The van der Waals surface area contributed by atoms with Crippen LogP contribution in [0.5, 0.6) is 5.75 Å². The average Bonchev–Trinajstić information content (AvgIpc) is 2.28. The standard InChI is InChI=1S/C14H22O2/c1-3-13-8-6-9-14(11-13)16-10-5-4-7-12(2)15/h6,8-9,11-12,15H,3-5,7,10H2,1-2H3. The second kappa shape index (κ2) is 7.29. The van der Waals surface area contributed by atoms with E-state index < -0.39 is 0 Å². The van der Waals surface area contributed by atoms with Crippen LogP contribution in [0.1, 0.15) is 38.7 Å². The molecule has 16 heavy (non-hydrogen) atoms. The van der Waals surface area contributed by atoms with Crippen molar-refractivity contribution in [3.63, 3.8) is 0 Å². The number of rotatable bonds is 7. The molecule has 0 aliphatic carbocycles. The molecule has 0 aromatic heterocycles. The molecule has 90 valence electrons. The van der Waals surface area contributed by atoms with Crippen LogP contribution in [0.15, 0.2) is 24.3 Å². The smallest absolute Gasteiger partial charge is 0.119 e. The highest BCUT2D eigenvalue weighted by Gasteiger charge is 1.97. The second-order valence-electron chi connectivity index (χ2n) is 4.19. The van der Waals surface area contributed by atoms with Crippen molar-refractivity contribution in [2.24, 2.45) is 0 Å². The number of ether oxygens (including phenoxy) is 1. The Morgan fingerprint density at radius 2 is 2.12 bits per heavy atom. The fourth-order valence-electron chi connectivity index (χ4n) is 1.59. The molecule has 0 saturated carbocycles. The minimum Gasteiger partial charge on any atom is -0.494 e. The average molecular weight is 222 g/mol. The Morgan fingerprint density at radius 1 is 1.31 bits per heavy atom. The third-order valence-corrected chi connectivity index (χ3v) is 2.59. The first-order valence-corrected chi connectivity index (χ1v) is 6.12. The highest BCUT2D eigenvalue weighted by molar-refractivity contribution is 5.28. The summed E-state index contributed by atoms with van der Waals surface area (Å²) in [5.74, 6) is 0.955. The third-order valence-electron chi connectivity index (χ3n) is 2.59. The number of unbranched alkanes of at least 4 members (excludes halogenated alkanes) is 1. The van der Waals surface area contributed by atoms with Gasteiger partial charge in [-0.1, -0.05) is 19.1 Å². The molecule has 0 amide bonds. The number of hydrogen-bond donors (Lipinski definition) is 1. The molecule has 1 atom stereocenters. The van der Waals surface area contributed by atoms with E-state index in [1.54, 1.807) is 0 Å². The molecule has 0 aliphatic rings. The Kier molecular flexibility index (Phi) is 5.94. The van der Waals surface area contributed by atoms with Crippen molar-refractivity contribution in [1.82, 2.24) is 0 Å². The van der Waals surface area contributed by atoms with Crippen molar-refractivity contribution < 1.29 is 9.84 Å². The van der Waals surface area contributed by atoms with Crippen LogP contribution in [0.4, 0.5) is 0 Å². The van der Waals surface area contributed by atoms with Gasteiger partial charge in [0.25, 0.3) is 0 Å². The summed E-state index contributed by atoms with van der Waals surface area (Å²) in [4.78, 5) is 0. The summed E-state index contributed by atoms with van der Waals surface area (Å²) in [6, 6.07) is 8.23. The topological polar surface area (TPSA) is 29.5 Å². The quantitative estimate of drug-likeness (QED) is 0.718. The Labute approximate surface area is 98.3 Å². The van der Waals surface area contributed by atoms with E-state index in [9.17, 15) is 0 Å². The lowest BCUT2D eigenvalue weighted by molar-refractivity contribution is 0.177. The molecule has 1 rings (SSSR count). The fourth-order valence-corrected chi connectivity index (χ4v) is 1.59. The van der Waals surface area contributed by atoms with Gasteiger partial charge < -0.3 is 9.84 Å². The van der Waals surface area contributed by atoms with Crippen molar-refractivity contribution in [2.45, 2.75) is 45.6 Å². The lowest BCUT2D eigenvalue weighted by Gasteiger charge is -2.08. The van der Waals surface area contributed by atoms with Crippen LogP contribution in [0.25, 0.3) is 0 Å². The lowest BCUT2D eigenvalue weighted by Crippen LogP contribution is -2.02. The largest absolute Gasteiger partial charge is 0.494 e. The third kappa shape index (κ3) is 5.17. The van der Waals surface area contributed by atoms with Crippen molar-refractivity contribution in [3.8, 4) is 5.75 Å². The van der Waals surface area contributed by atoms with Gasteiger partial charge in [-0.2, -0.15) is 0 Å². The van der Waals surface area contributed by atoms with E-state index in [1.807, 2.05) is 19.1 Å². The van der Waals surface area contributed by atoms with E-state index in [0.29, 0.717) is 0 Å². The highest BCUT2D eigenvalue weighted by atomic mass is 16.5. The first kappa shape index (κ1) is 13.0. The number of aliphatic hydroxyl groups is 1. The van der Waals surface area contributed by atoms with Crippen molar-refractivity contribution in [3.05, 3.63) is 29.8 Å². The normalized spacial score (nSPS) is 12.4. The Hall–Kier alpha value is -1.02.